The zero-order valence-electron chi connectivity index (χ0n) is 16.0. The molecule has 1 aromatic heterocycles. The van der Waals surface area contributed by atoms with Crippen molar-refractivity contribution in [2.75, 3.05) is 20.0 Å². The predicted molar refractivity (Wildman–Crippen MR) is 111 cm³/mol. The number of ether oxygens (including phenoxy) is 2. The van der Waals surface area contributed by atoms with Crippen molar-refractivity contribution in [1.29, 1.82) is 0 Å². The lowest BCUT2D eigenvalue weighted by Gasteiger charge is -2.09. The molecular weight excluding hydrogens is 376 g/mol. The van der Waals surface area contributed by atoms with Gasteiger partial charge in [-0.05, 0) is 31.2 Å². The van der Waals surface area contributed by atoms with Crippen LogP contribution in [0.2, 0.25) is 0 Å². The van der Waals surface area contributed by atoms with Crippen molar-refractivity contribution in [3.63, 3.8) is 0 Å². The van der Waals surface area contributed by atoms with Gasteiger partial charge in [0.05, 0.1) is 37.2 Å². The van der Waals surface area contributed by atoms with Crippen LogP contribution in [0.15, 0.2) is 52.7 Å². The molecule has 8 heteroatoms. The van der Waals surface area contributed by atoms with Crippen LogP contribution in [0.1, 0.15) is 12.5 Å². The highest BCUT2D eigenvalue weighted by atomic mass is 32.2. The Balaban J connectivity index is 1.62. The first-order valence-electron chi connectivity index (χ1n) is 8.78. The average Bonchev–Trinajstić information content (AvgIpc) is 3.09. The average molecular weight is 398 g/mol. The lowest BCUT2D eigenvalue weighted by atomic mass is 10.2. The van der Waals surface area contributed by atoms with E-state index in [0.29, 0.717) is 17.1 Å². The van der Waals surface area contributed by atoms with E-state index in [-0.39, 0.29) is 11.7 Å². The van der Waals surface area contributed by atoms with E-state index in [4.69, 9.17) is 9.47 Å². The van der Waals surface area contributed by atoms with Crippen molar-refractivity contribution >= 4 is 34.9 Å². The Hall–Kier alpha value is -3.00. The van der Waals surface area contributed by atoms with E-state index in [1.807, 2.05) is 36.4 Å². The largest absolute Gasteiger partial charge is 0.493 e. The number of methoxy groups -OCH3 is 2. The Morgan fingerprint density at radius 2 is 2.04 bits per heavy atom. The first kappa shape index (κ1) is 19.8. The molecule has 0 aliphatic rings. The molecule has 7 nitrogen and oxygen atoms in total. The molecule has 28 heavy (non-hydrogen) atoms. The monoisotopic (exact) mass is 398 g/mol. The summed E-state index contributed by atoms with van der Waals surface area (Å²) in [5.41, 5.74) is 5.24. The topological polar surface area (TPSA) is 77.7 Å². The molecule has 0 unspecified atom stereocenters. The number of rotatable bonds is 8. The first-order valence-corrected chi connectivity index (χ1v) is 9.77. The molecule has 2 aromatic carbocycles. The number of aromatic nitrogens is 2. The molecule has 3 rings (SSSR count). The number of nitrogens with zero attached hydrogens (tertiary/aromatic N) is 3. The normalized spacial score (nSPS) is 11.1. The van der Waals surface area contributed by atoms with Crippen molar-refractivity contribution in [3.05, 3.63) is 48.0 Å². The number of carbonyl (C=O) groups excluding carboxylic acids is 1. The van der Waals surface area contributed by atoms with Crippen LogP contribution in [-0.4, -0.2) is 41.6 Å². The molecule has 0 aliphatic heterocycles. The van der Waals surface area contributed by atoms with Gasteiger partial charge in [-0.1, -0.05) is 30.0 Å². The lowest BCUT2D eigenvalue weighted by molar-refractivity contribution is -0.118. The van der Waals surface area contributed by atoms with Crippen LogP contribution in [0, 0.1) is 0 Å². The molecule has 1 N–H and O–H groups in total. The number of amides is 1. The smallest absolute Gasteiger partial charge is 0.250 e. The minimum Gasteiger partial charge on any atom is -0.493 e. The van der Waals surface area contributed by atoms with E-state index in [0.717, 1.165) is 22.7 Å². The summed E-state index contributed by atoms with van der Waals surface area (Å²) >= 11 is 1.39. The number of carbonyl (C=O) groups is 1. The second kappa shape index (κ2) is 9.27. The number of hydrogen-bond donors (Lipinski definition) is 1. The van der Waals surface area contributed by atoms with Gasteiger partial charge in [-0.15, -0.1) is 0 Å². The van der Waals surface area contributed by atoms with Crippen LogP contribution >= 0.6 is 11.8 Å². The number of benzene rings is 2. The van der Waals surface area contributed by atoms with E-state index < -0.39 is 0 Å². The number of para-hydroxylation sites is 3. The van der Waals surface area contributed by atoms with Crippen LogP contribution in [0.4, 0.5) is 0 Å². The number of imidazole rings is 1. The first-order chi connectivity index (χ1) is 13.7. The van der Waals surface area contributed by atoms with Crippen molar-refractivity contribution in [3.8, 4) is 11.5 Å². The van der Waals surface area contributed by atoms with Crippen molar-refractivity contribution in [2.45, 2.75) is 18.6 Å². The molecule has 0 saturated heterocycles. The molecule has 1 amide bonds. The molecule has 0 spiro atoms. The molecule has 0 radical (unpaired) electrons. The van der Waals surface area contributed by atoms with Crippen LogP contribution in [-0.2, 0) is 11.3 Å². The highest BCUT2D eigenvalue weighted by Crippen LogP contribution is 2.29. The van der Waals surface area contributed by atoms with E-state index in [1.54, 1.807) is 20.3 Å². The molecule has 0 bridgehead atoms. The van der Waals surface area contributed by atoms with Crippen LogP contribution in [0.3, 0.4) is 0 Å². The van der Waals surface area contributed by atoms with Crippen molar-refractivity contribution in [1.82, 2.24) is 15.0 Å². The quantitative estimate of drug-likeness (QED) is 0.358. The summed E-state index contributed by atoms with van der Waals surface area (Å²) in [5.74, 6) is 1.18. The molecule has 0 atom stereocenters. The summed E-state index contributed by atoms with van der Waals surface area (Å²) < 4.78 is 12.7. The molecule has 1 heterocycles. The van der Waals surface area contributed by atoms with Gasteiger partial charge in [0.1, 0.15) is 0 Å². The third-order valence-corrected chi connectivity index (χ3v) is 5.07. The summed E-state index contributed by atoms with van der Waals surface area (Å²) in [5, 5.41) is 4.84. The minimum atomic E-state index is -0.210. The third-order valence-electron chi connectivity index (χ3n) is 4.09. The highest BCUT2D eigenvalue weighted by Gasteiger charge is 2.12. The van der Waals surface area contributed by atoms with Crippen LogP contribution < -0.4 is 14.9 Å². The van der Waals surface area contributed by atoms with Crippen LogP contribution in [0.25, 0.3) is 11.0 Å². The number of hydrogen-bond acceptors (Lipinski definition) is 6. The van der Waals surface area contributed by atoms with Crippen molar-refractivity contribution in [2.24, 2.45) is 5.10 Å². The molecular formula is C20H22N4O3S. The van der Waals surface area contributed by atoms with E-state index >= 15 is 0 Å². The fourth-order valence-corrected chi connectivity index (χ4v) is 3.69. The predicted octanol–water partition coefficient (Wildman–Crippen LogP) is 3.32. The van der Waals surface area contributed by atoms with Gasteiger partial charge in [-0.3, -0.25) is 4.79 Å². The molecule has 0 aliphatic carbocycles. The number of thioether (sulfide) groups is 1. The zero-order valence-corrected chi connectivity index (χ0v) is 16.8. The maximum atomic E-state index is 12.2. The molecule has 0 fully saturated rings. The van der Waals surface area contributed by atoms with Gasteiger partial charge >= 0.3 is 0 Å². The summed E-state index contributed by atoms with van der Waals surface area (Å²) in [7, 11) is 3.13. The standard InChI is InChI=1S/C20H22N4O3S/c1-4-24-16-10-6-5-9-15(16)22-20(24)28-13-18(25)23-21-12-14-8-7-11-17(26-2)19(14)27-3/h5-12H,4,13H2,1-3H3,(H,23,25)/b21-12-. The minimum absolute atomic E-state index is 0.210. The van der Waals surface area contributed by atoms with Gasteiger partial charge in [0.2, 0.25) is 0 Å². The van der Waals surface area contributed by atoms with Gasteiger partial charge < -0.3 is 14.0 Å². The molecule has 3 aromatic rings. The fourth-order valence-electron chi connectivity index (χ4n) is 2.82. The summed E-state index contributed by atoms with van der Waals surface area (Å²) in [6, 6.07) is 13.4. The Morgan fingerprint density at radius 3 is 2.79 bits per heavy atom. The maximum Gasteiger partial charge on any atom is 0.250 e. The Bertz CT molecular complexity index is 1000. The van der Waals surface area contributed by atoms with Gasteiger partial charge in [-0.25, -0.2) is 10.4 Å². The second-order valence-electron chi connectivity index (χ2n) is 5.79. The van der Waals surface area contributed by atoms with E-state index in [9.17, 15) is 4.79 Å². The molecule has 0 saturated carbocycles. The Morgan fingerprint density at radius 1 is 1.21 bits per heavy atom. The number of hydrazone groups is 1. The SMILES string of the molecule is CCn1c(SCC(=O)N/N=C\c2cccc(OC)c2OC)nc2ccccc21. The molecule has 146 valence electrons. The van der Waals surface area contributed by atoms with Gasteiger partial charge in [0.25, 0.3) is 5.91 Å². The second-order valence-corrected chi connectivity index (χ2v) is 6.73. The summed E-state index contributed by atoms with van der Waals surface area (Å²) in [6.07, 6.45) is 1.53. The van der Waals surface area contributed by atoms with Gasteiger partial charge in [0, 0.05) is 12.1 Å². The number of nitrogens with one attached hydrogen (secondary N) is 1. The van der Waals surface area contributed by atoms with E-state index in [1.165, 1.54) is 18.0 Å². The number of fused-ring (bicyclic) bond motifs is 1. The fraction of sp³-hybridized carbons (Fsp3) is 0.250. The summed E-state index contributed by atoms with van der Waals surface area (Å²) in [6.45, 7) is 2.85. The lowest BCUT2D eigenvalue weighted by Crippen LogP contribution is -2.20. The van der Waals surface area contributed by atoms with Gasteiger partial charge in [-0.2, -0.15) is 5.10 Å². The van der Waals surface area contributed by atoms with Crippen molar-refractivity contribution < 1.29 is 14.3 Å². The van der Waals surface area contributed by atoms with Crippen LogP contribution in [0.5, 0.6) is 11.5 Å². The van der Waals surface area contributed by atoms with Gasteiger partial charge in [0.15, 0.2) is 16.7 Å². The number of aryl methyl sites for hydroxylation is 1. The zero-order chi connectivity index (χ0) is 19.9. The Labute approximate surface area is 167 Å². The van der Waals surface area contributed by atoms with E-state index in [2.05, 4.69) is 27.0 Å². The Kier molecular flexibility index (Phi) is 6.54. The third kappa shape index (κ3) is 4.28. The highest BCUT2D eigenvalue weighted by molar-refractivity contribution is 7.99. The maximum absolute atomic E-state index is 12.2. The summed E-state index contributed by atoms with van der Waals surface area (Å²) in [4.78, 5) is 16.8.